The van der Waals surface area contributed by atoms with Gasteiger partial charge in [-0.25, -0.2) is 4.68 Å². The van der Waals surface area contributed by atoms with Gasteiger partial charge in [0.2, 0.25) is 5.16 Å². The Hall–Kier alpha value is -2.09. The Balaban J connectivity index is 1.45. The van der Waals surface area contributed by atoms with Gasteiger partial charge in [-0.1, -0.05) is 11.8 Å². The molecule has 8 heteroatoms. The van der Waals surface area contributed by atoms with Gasteiger partial charge < -0.3 is 10.2 Å². The molecule has 23 heavy (non-hydrogen) atoms. The number of benzene rings is 1. The average Bonchev–Trinajstić information content (AvgIpc) is 3.23. The summed E-state index contributed by atoms with van der Waals surface area (Å²) in [7, 11) is 1.79. The van der Waals surface area contributed by atoms with Gasteiger partial charge in [-0.15, -0.1) is 5.10 Å². The number of hydrogen-bond donors (Lipinski definition) is 1. The molecule has 2 aromatic rings. The van der Waals surface area contributed by atoms with Gasteiger partial charge in [0.25, 0.3) is 5.91 Å². The molecule has 0 saturated carbocycles. The molecule has 2 heterocycles. The molecule has 1 fully saturated rings. The predicted octanol–water partition coefficient (Wildman–Crippen LogP) is 1.33. The molecule has 1 amide bonds. The lowest BCUT2D eigenvalue weighted by Crippen LogP contribution is -2.26. The third kappa shape index (κ3) is 4.01. The molecule has 0 atom stereocenters. The number of hydrogen-bond acceptors (Lipinski definition) is 6. The van der Waals surface area contributed by atoms with Crippen molar-refractivity contribution in [3.05, 3.63) is 29.8 Å². The zero-order valence-corrected chi connectivity index (χ0v) is 13.9. The van der Waals surface area contributed by atoms with Crippen LogP contribution in [0.15, 0.2) is 29.4 Å². The minimum Gasteiger partial charge on any atom is -0.372 e. The van der Waals surface area contributed by atoms with Gasteiger partial charge in [-0.05, 0) is 47.5 Å². The number of tetrazole rings is 1. The summed E-state index contributed by atoms with van der Waals surface area (Å²) >= 11 is 1.52. The topological polar surface area (TPSA) is 75.9 Å². The average molecular weight is 332 g/mol. The van der Waals surface area contributed by atoms with E-state index in [1.807, 2.05) is 24.3 Å². The lowest BCUT2D eigenvalue weighted by atomic mass is 10.2. The molecule has 1 aromatic carbocycles. The van der Waals surface area contributed by atoms with Crippen LogP contribution >= 0.6 is 11.8 Å². The molecule has 0 bridgehead atoms. The van der Waals surface area contributed by atoms with Gasteiger partial charge in [0.1, 0.15) is 0 Å². The van der Waals surface area contributed by atoms with E-state index in [9.17, 15) is 4.79 Å². The highest BCUT2D eigenvalue weighted by atomic mass is 32.2. The minimum atomic E-state index is -0.0466. The van der Waals surface area contributed by atoms with E-state index in [1.165, 1.54) is 30.3 Å². The lowest BCUT2D eigenvalue weighted by Gasteiger charge is -2.17. The van der Waals surface area contributed by atoms with Crippen LogP contribution in [0.5, 0.6) is 0 Å². The van der Waals surface area contributed by atoms with Crippen LogP contribution in [-0.2, 0) is 7.05 Å². The number of nitrogens with one attached hydrogen (secondary N) is 1. The van der Waals surface area contributed by atoms with Crippen molar-refractivity contribution in [1.29, 1.82) is 0 Å². The maximum absolute atomic E-state index is 12.1. The van der Waals surface area contributed by atoms with Gasteiger partial charge in [-0.2, -0.15) is 0 Å². The van der Waals surface area contributed by atoms with E-state index in [-0.39, 0.29) is 5.91 Å². The molecule has 7 nitrogen and oxygen atoms in total. The molecule has 1 aliphatic heterocycles. The fourth-order valence-corrected chi connectivity index (χ4v) is 3.26. The molecule has 1 aromatic heterocycles. The number of thioether (sulfide) groups is 1. The Bertz CT molecular complexity index is 650. The monoisotopic (exact) mass is 332 g/mol. The number of aromatic nitrogens is 4. The fraction of sp³-hybridized carbons (Fsp3) is 0.467. The Morgan fingerprint density at radius 2 is 2.00 bits per heavy atom. The second kappa shape index (κ2) is 7.45. The van der Waals surface area contributed by atoms with Gasteiger partial charge >= 0.3 is 0 Å². The van der Waals surface area contributed by atoms with Crippen molar-refractivity contribution in [2.75, 3.05) is 30.3 Å². The van der Waals surface area contributed by atoms with Crippen molar-refractivity contribution in [1.82, 2.24) is 25.5 Å². The first-order chi connectivity index (χ1) is 11.2. The van der Waals surface area contributed by atoms with E-state index < -0.39 is 0 Å². The predicted molar refractivity (Wildman–Crippen MR) is 89.7 cm³/mol. The zero-order valence-electron chi connectivity index (χ0n) is 13.1. The van der Waals surface area contributed by atoms with Crippen LogP contribution in [0.4, 0.5) is 5.69 Å². The highest BCUT2D eigenvalue weighted by Gasteiger charge is 2.13. The number of carbonyl (C=O) groups is 1. The number of anilines is 1. The maximum Gasteiger partial charge on any atom is 0.251 e. The number of amides is 1. The Morgan fingerprint density at radius 1 is 1.26 bits per heavy atom. The summed E-state index contributed by atoms with van der Waals surface area (Å²) in [6.07, 6.45) is 2.50. The number of rotatable bonds is 6. The summed E-state index contributed by atoms with van der Waals surface area (Å²) in [6, 6.07) is 7.84. The molecule has 1 aliphatic rings. The Kier molecular flexibility index (Phi) is 5.12. The molecule has 1 N–H and O–H groups in total. The standard InChI is InChI=1S/C15H20N6OS/c1-20-15(17-18-19-20)23-11-8-16-14(22)12-4-6-13(7-5-12)21-9-2-3-10-21/h4-7H,2-3,8-11H2,1H3,(H,16,22). The van der Waals surface area contributed by atoms with E-state index in [2.05, 4.69) is 25.7 Å². The van der Waals surface area contributed by atoms with E-state index >= 15 is 0 Å². The first-order valence-electron chi connectivity index (χ1n) is 7.72. The number of nitrogens with zero attached hydrogens (tertiary/aromatic N) is 5. The molecule has 0 spiro atoms. The summed E-state index contributed by atoms with van der Waals surface area (Å²) in [5.41, 5.74) is 1.89. The smallest absolute Gasteiger partial charge is 0.251 e. The van der Waals surface area contributed by atoms with Crippen LogP contribution in [-0.4, -0.2) is 51.5 Å². The molecule has 0 aliphatic carbocycles. The molecule has 0 unspecified atom stereocenters. The number of carbonyl (C=O) groups excluding carboxylic acids is 1. The van der Waals surface area contributed by atoms with Crippen LogP contribution in [0.1, 0.15) is 23.2 Å². The first-order valence-corrected chi connectivity index (χ1v) is 8.71. The van der Waals surface area contributed by atoms with Gasteiger partial charge in [0.15, 0.2) is 0 Å². The third-order valence-corrected chi connectivity index (χ3v) is 4.81. The molecule has 3 rings (SSSR count). The van der Waals surface area contributed by atoms with Gasteiger partial charge in [-0.3, -0.25) is 4.79 Å². The summed E-state index contributed by atoms with van der Waals surface area (Å²) in [6.45, 7) is 2.80. The minimum absolute atomic E-state index is 0.0466. The van der Waals surface area contributed by atoms with Crippen molar-refractivity contribution in [2.45, 2.75) is 18.0 Å². The summed E-state index contributed by atoms with van der Waals surface area (Å²) < 4.78 is 1.61. The van der Waals surface area contributed by atoms with Crippen molar-refractivity contribution in [3.63, 3.8) is 0 Å². The summed E-state index contributed by atoms with van der Waals surface area (Å²) in [5, 5.41) is 14.9. The van der Waals surface area contributed by atoms with Crippen molar-refractivity contribution in [2.24, 2.45) is 7.05 Å². The second-order valence-electron chi connectivity index (χ2n) is 5.43. The Labute approximate surface area is 139 Å². The van der Waals surface area contributed by atoms with Gasteiger partial charge in [0.05, 0.1) is 0 Å². The normalized spacial score (nSPS) is 14.2. The molecular formula is C15H20N6OS. The van der Waals surface area contributed by atoms with Crippen LogP contribution in [0.3, 0.4) is 0 Å². The van der Waals surface area contributed by atoms with Crippen molar-refractivity contribution >= 4 is 23.4 Å². The van der Waals surface area contributed by atoms with Crippen LogP contribution < -0.4 is 10.2 Å². The van der Waals surface area contributed by atoms with Crippen molar-refractivity contribution in [3.8, 4) is 0 Å². The second-order valence-corrected chi connectivity index (χ2v) is 6.49. The summed E-state index contributed by atoms with van der Waals surface area (Å²) in [5.74, 6) is 0.681. The van der Waals surface area contributed by atoms with E-state index in [4.69, 9.17) is 0 Å². The largest absolute Gasteiger partial charge is 0.372 e. The highest BCUT2D eigenvalue weighted by Crippen LogP contribution is 2.20. The summed E-state index contributed by atoms with van der Waals surface area (Å²) in [4.78, 5) is 14.5. The Morgan fingerprint density at radius 3 is 2.65 bits per heavy atom. The molecule has 0 radical (unpaired) electrons. The van der Waals surface area contributed by atoms with E-state index in [0.717, 1.165) is 24.0 Å². The fourth-order valence-electron chi connectivity index (χ4n) is 2.55. The zero-order chi connectivity index (χ0) is 16.1. The SMILES string of the molecule is Cn1nnnc1SCCNC(=O)c1ccc(N2CCCC2)cc1. The quantitative estimate of drug-likeness (QED) is 0.635. The van der Waals surface area contributed by atoms with E-state index in [1.54, 1.807) is 11.7 Å². The van der Waals surface area contributed by atoms with Crippen LogP contribution in [0.2, 0.25) is 0 Å². The lowest BCUT2D eigenvalue weighted by molar-refractivity contribution is 0.0956. The van der Waals surface area contributed by atoms with Gasteiger partial charge in [0, 0.05) is 43.7 Å². The number of aryl methyl sites for hydroxylation is 1. The molecular weight excluding hydrogens is 312 g/mol. The van der Waals surface area contributed by atoms with Crippen LogP contribution in [0, 0.1) is 0 Å². The van der Waals surface area contributed by atoms with Crippen molar-refractivity contribution < 1.29 is 4.79 Å². The third-order valence-electron chi connectivity index (χ3n) is 3.80. The molecule has 1 saturated heterocycles. The van der Waals surface area contributed by atoms with E-state index in [0.29, 0.717) is 12.1 Å². The first kappa shape index (κ1) is 15.8. The highest BCUT2D eigenvalue weighted by molar-refractivity contribution is 7.99. The molecule has 122 valence electrons. The maximum atomic E-state index is 12.1. The van der Waals surface area contributed by atoms with Crippen LogP contribution in [0.25, 0.3) is 0 Å².